The summed E-state index contributed by atoms with van der Waals surface area (Å²) in [6, 6.07) is 6.38. The van der Waals surface area contributed by atoms with Crippen LogP contribution in [0.15, 0.2) is 18.2 Å². The molecule has 1 aliphatic rings. The molecule has 0 aromatic heterocycles. The predicted molar refractivity (Wildman–Crippen MR) is 80.9 cm³/mol. The van der Waals surface area contributed by atoms with Crippen molar-refractivity contribution in [1.29, 1.82) is 0 Å². The summed E-state index contributed by atoms with van der Waals surface area (Å²) < 4.78 is 5.54. The molecule has 1 aromatic carbocycles. The molecule has 1 aromatic rings. The van der Waals surface area contributed by atoms with Crippen molar-refractivity contribution in [2.24, 2.45) is 11.7 Å². The van der Waals surface area contributed by atoms with Crippen molar-refractivity contribution in [3.63, 3.8) is 0 Å². The van der Waals surface area contributed by atoms with E-state index in [1.54, 1.807) is 7.11 Å². The third-order valence-electron chi connectivity index (χ3n) is 4.29. The van der Waals surface area contributed by atoms with Gasteiger partial charge in [-0.25, -0.2) is 0 Å². The summed E-state index contributed by atoms with van der Waals surface area (Å²) in [5.41, 5.74) is 8.50. The molecule has 0 spiro atoms. The molecule has 3 heteroatoms. The molecule has 1 atom stereocenters. The molecule has 0 bridgehead atoms. The van der Waals surface area contributed by atoms with Gasteiger partial charge in [0.05, 0.1) is 12.8 Å². The highest BCUT2D eigenvalue weighted by Crippen LogP contribution is 2.39. The average molecular weight is 262 g/mol. The Labute approximate surface area is 116 Å². The Morgan fingerprint density at radius 1 is 1.42 bits per heavy atom. The van der Waals surface area contributed by atoms with Crippen molar-refractivity contribution in [1.82, 2.24) is 0 Å². The van der Waals surface area contributed by atoms with Crippen LogP contribution in [0.5, 0.6) is 5.75 Å². The first-order chi connectivity index (χ1) is 8.97. The van der Waals surface area contributed by atoms with Crippen LogP contribution in [-0.4, -0.2) is 25.7 Å². The number of nitrogens with zero attached hydrogens (tertiary/aromatic N) is 1. The number of methoxy groups -OCH3 is 1. The van der Waals surface area contributed by atoms with Crippen molar-refractivity contribution in [2.45, 2.75) is 39.2 Å². The van der Waals surface area contributed by atoms with Crippen molar-refractivity contribution in [3.05, 3.63) is 23.8 Å². The molecule has 106 valence electrons. The van der Waals surface area contributed by atoms with E-state index in [2.05, 4.69) is 43.9 Å². The third-order valence-corrected chi connectivity index (χ3v) is 4.29. The molecule has 1 fully saturated rings. The van der Waals surface area contributed by atoms with Crippen molar-refractivity contribution in [2.75, 3.05) is 25.1 Å². The zero-order chi connectivity index (χ0) is 14.0. The van der Waals surface area contributed by atoms with Crippen LogP contribution in [0, 0.1) is 12.8 Å². The molecule has 0 saturated carbocycles. The van der Waals surface area contributed by atoms with Crippen LogP contribution in [0.25, 0.3) is 0 Å². The molecule has 0 amide bonds. The van der Waals surface area contributed by atoms with Gasteiger partial charge in [-0.05, 0) is 63.8 Å². The molecule has 1 aliphatic heterocycles. The lowest BCUT2D eigenvalue weighted by atomic mass is 9.84. The maximum Gasteiger partial charge on any atom is 0.142 e. The fourth-order valence-electron chi connectivity index (χ4n) is 2.92. The minimum absolute atomic E-state index is 0.159. The summed E-state index contributed by atoms with van der Waals surface area (Å²) in [6.45, 7) is 8.52. The number of ether oxygens (including phenoxy) is 1. The lowest BCUT2D eigenvalue weighted by molar-refractivity contribution is 0.291. The summed E-state index contributed by atoms with van der Waals surface area (Å²) in [5, 5.41) is 0. The van der Waals surface area contributed by atoms with E-state index < -0.39 is 0 Å². The highest BCUT2D eigenvalue weighted by atomic mass is 16.5. The Balaban J connectivity index is 2.39. The lowest BCUT2D eigenvalue weighted by Gasteiger charge is -2.47. The van der Waals surface area contributed by atoms with Gasteiger partial charge in [-0.3, -0.25) is 0 Å². The van der Waals surface area contributed by atoms with Gasteiger partial charge < -0.3 is 15.4 Å². The number of anilines is 1. The average Bonchev–Trinajstić information content (AvgIpc) is 2.38. The second-order valence-corrected chi connectivity index (χ2v) is 6.24. The minimum atomic E-state index is 0.159. The smallest absolute Gasteiger partial charge is 0.142 e. The zero-order valence-electron chi connectivity index (χ0n) is 12.6. The van der Waals surface area contributed by atoms with Crippen LogP contribution >= 0.6 is 0 Å². The molecule has 1 saturated heterocycles. The van der Waals surface area contributed by atoms with Crippen LogP contribution in [0.2, 0.25) is 0 Å². The largest absolute Gasteiger partial charge is 0.495 e. The fourth-order valence-corrected chi connectivity index (χ4v) is 2.92. The van der Waals surface area contributed by atoms with Gasteiger partial charge in [-0.15, -0.1) is 0 Å². The van der Waals surface area contributed by atoms with Gasteiger partial charge in [-0.1, -0.05) is 6.07 Å². The van der Waals surface area contributed by atoms with E-state index in [0.29, 0.717) is 5.92 Å². The van der Waals surface area contributed by atoms with Gasteiger partial charge in [0.1, 0.15) is 5.75 Å². The molecule has 0 aliphatic carbocycles. The van der Waals surface area contributed by atoms with Gasteiger partial charge in [0.15, 0.2) is 0 Å². The number of piperidine rings is 1. The van der Waals surface area contributed by atoms with E-state index in [4.69, 9.17) is 10.5 Å². The zero-order valence-corrected chi connectivity index (χ0v) is 12.6. The molecular weight excluding hydrogens is 236 g/mol. The maximum absolute atomic E-state index is 5.87. The van der Waals surface area contributed by atoms with Crippen molar-refractivity contribution >= 4 is 5.69 Å². The Morgan fingerprint density at radius 2 is 2.16 bits per heavy atom. The van der Waals surface area contributed by atoms with Gasteiger partial charge in [0.2, 0.25) is 0 Å². The van der Waals surface area contributed by atoms with Crippen molar-refractivity contribution in [3.8, 4) is 5.75 Å². The van der Waals surface area contributed by atoms with Crippen LogP contribution in [0.1, 0.15) is 32.3 Å². The van der Waals surface area contributed by atoms with Crippen LogP contribution < -0.4 is 15.4 Å². The number of benzene rings is 1. The van der Waals surface area contributed by atoms with Gasteiger partial charge in [0.25, 0.3) is 0 Å². The number of hydrogen-bond acceptors (Lipinski definition) is 3. The van der Waals surface area contributed by atoms with E-state index >= 15 is 0 Å². The van der Waals surface area contributed by atoms with Gasteiger partial charge in [0, 0.05) is 12.1 Å². The summed E-state index contributed by atoms with van der Waals surface area (Å²) in [6.07, 6.45) is 2.39. The maximum atomic E-state index is 5.87. The molecule has 2 N–H and O–H groups in total. The molecule has 3 nitrogen and oxygen atoms in total. The summed E-state index contributed by atoms with van der Waals surface area (Å²) in [5.74, 6) is 1.54. The van der Waals surface area contributed by atoms with E-state index in [1.807, 2.05) is 0 Å². The highest BCUT2D eigenvalue weighted by Gasteiger charge is 2.35. The second-order valence-electron chi connectivity index (χ2n) is 6.24. The summed E-state index contributed by atoms with van der Waals surface area (Å²) in [4.78, 5) is 2.47. The first kappa shape index (κ1) is 14.2. The van der Waals surface area contributed by atoms with Crippen molar-refractivity contribution < 1.29 is 4.74 Å². The lowest BCUT2D eigenvalue weighted by Crippen LogP contribution is -2.52. The number of aryl methyl sites for hydroxylation is 1. The van der Waals surface area contributed by atoms with E-state index in [-0.39, 0.29) is 5.54 Å². The monoisotopic (exact) mass is 262 g/mol. The molecule has 19 heavy (non-hydrogen) atoms. The molecular formula is C16H26N2O. The Morgan fingerprint density at radius 3 is 2.79 bits per heavy atom. The first-order valence-corrected chi connectivity index (χ1v) is 7.10. The number of nitrogens with two attached hydrogens (primary N) is 1. The Bertz CT molecular complexity index is 442. The van der Waals surface area contributed by atoms with Crippen LogP contribution in [0.4, 0.5) is 5.69 Å². The topological polar surface area (TPSA) is 38.5 Å². The molecule has 0 radical (unpaired) electrons. The SMILES string of the molecule is COc1ccc(C)cc1N1CC(CN)CCC1(C)C. The molecule has 1 heterocycles. The predicted octanol–water partition coefficient (Wildman–Crippen LogP) is 2.96. The normalized spacial score (nSPS) is 22.4. The Kier molecular flexibility index (Phi) is 4.04. The van der Waals surface area contributed by atoms with Gasteiger partial charge in [-0.2, -0.15) is 0 Å². The minimum Gasteiger partial charge on any atom is -0.495 e. The molecule has 2 rings (SSSR count). The third kappa shape index (κ3) is 2.86. The number of hydrogen-bond donors (Lipinski definition) is 1. The highest BCUT2D eigenvalue weighted by molar-refractivity contribution is 5.62. The first-order valence-electron chi connectivity index (χ1n) is 7.10. The quantitative estimate of drug-likeness (QED) is 0.910. The Hall–Kier alpha value is -1.22. The second kappa shape index (κ2) is 5.41. The summed E-state index contributed by atoms with van der Waals surface area (Å²) in [7, 11) is 1.74. The van der Waals surface area contributed by atoms with Gasteiger partial charge >= 0.3 is 0 Å². The van der Waals surface area contributed by atoms with E-state index in [0.717, 1.165) is 18.8 Å². The molecule has 1 unspecified atom stereocenters. The fraction of sp³-hybridized carbons (Fsp3) is 0.625. The van der Waals surface area contributed by atoms with E-state index in [1.165, 1.54) is 24.1 Å². The number of rotatable bonds is 3. The standard InChI is InChI=1S/C16H26N2O/c1-12-5-6-15(19-4)14(9-12)18-11-13(10-17)7-8-16(18,2)3/h5-6,9,13H,7-8,10-11,17H2,1-4H3. The van der Waals surface area contributed by atoms with Crippen LogP contribution in [-0.2, 0) is 0 Å². The summed E-state index contributed by atoms with van der Waals surface area (Å²) >= 11 is 0. The van der Waals surface area contributed by atoms with Crippen LogP contribution in [0.3, 0.4) is 0 Å². The van der Waals surface area contributed by atoms with E-state index in [9.17, 15) is 0 Å².